The summed E-state index contributed by atoms with van der Waals surface area (Å²) < 4.78 is 1.58. The first-order valence-corrected chi connectivity index (χ1v) is 8.84. The molecule has 4 rings (SSSR count). The minimum absolute atomic E-state index is 0.128. The van der Waals surface area contributed by atoms with Crippen LogP contribution in [0, 0.1) is 6.92 Å². The number of aromatic nitrogens is 4. The van der Waals surface area contributed by atoms with Gasteiger partial charge in [0, 0.05) is 11.6 Å². The van der Waals surface area contributed by atoms with Crippen LogP contribution in [-0.2, 0) is 4.79 Å². The van der Waals surface area contributed by atoms with Crippen LogP contribution in [0.4, 0.5) is 0 Å². The zero-order valence-electron chi connectivity index (χ0n) is 14.8. The van der Waals surface area contributed by atoms with E-state index in [-0.39, 0.29) is 5.69 Å². The molecule has 0 spiro atoms. The van der Waals surface area contributed by atoms with Gasteiger partial charge in [0.25, 0.3) is 5.91 Å². The molecule has 8 nitrogen and oxygen atoms in total. The third kappa shape index (κ3) is 2.83. The Kier molecular flexibility index (Phi) is 4.10. The average Bonchev–Trinajstić information content (AvgIpc) is 3.29. The normalized spacial score (nSPS) is 15.7. The second kappa shape index (κ2) is 6.46. The Morgan fingerprint density at radius 2 is 1.96 bits per heavy atom. The molecule has 1 fully saturated rings. The molecule has 1 aliphatic carbocycles. The maximum Gasteiger partial charge on any atom is 0.329 e. The predicted octanol–water partition coefficient (Wildman–Crippen LogP) is 2.25. The second-order valence-electron chi connectivity index (χ2n) is 6.83. The van der Waals surface area contributed by atoms with Crippen molar-refractivity contribution in [3.8, 4) is 5.69 Å². The van der Waals surface area contributed by atoms with Crippen molar-refractivity contribution in [1.29, 1.82) is 0 Å². The van der Waals surface area contributed by atoms with Gasteiger partial charge < -0.3 is 10.4 Å². The fourth-order valence-electron chi connectivity index (χ4n) is 3.69. The lowest BCUT2D eigenvalue weighted by Crippen LogP contribution is -2.52. The van der Waals surface area contributed by atoms with Crippen molar-refractivity contribution in [2.45, 2.75) is 38.1 Å². The molecule has 0 atom stereocenters. The van der Waals surface area contributed by atoms with E-state index in [1.54, 1.807) is 17.8 Å². The highest BCUT2D eigenvalue weighted by molar-refractivity contribution is 5.97. The molecule has 0 radical (unpaired) electrons. The molecule has 3 aromatic rings. The number of hydrogen-bond donors (Lipinski definition) is 2. The van der Waals surface area contributed by atoms with Crippen LogP contribution in [0.5, 0.6) is 0 Å². The minimum Gasteiger partial charge on any atom is -0.480 e. The van der Waals surface area contributed by atoms with E-state index in [4.69, 9.17) is 0 Å². The first-order valence-electron chi connectivity index (χ1n) is 8.84. The molecule has 1 amide bonds. The Hall–Kier alpha value is -3.29. The number of amides is 1. The highest BCUT2D eigenvalue weighted by Gasteiger charge is 2.43. The molecular formula is C19H19N5O3. The number of rotatable bonds is 4. The molecule has 0 bridgehead atoms. The van der Waals surface area contributed by atoms with Crippen molar-refractivity contribution in [3.63, 3.8) is 0 Å². The van der Waals surface area contributed by atoms with Crippen LogP contribution in [0.1, 0.15) is 41.9 Å². The van der Waals surface area contributed by atoms with Gasteiger partial charge in [-0.15, -0.1) is 5.10 Å². The summed E-state index contributed by atoms with van der Waals surface area (Å²) in [6, 6.07) is 9.40. The van der Waals surface area contributed by atoms with E-state index in [1.165, 1.54) is 0 Å². The number of fused-ring (bicyclic) bond motifs is 1. The molecular weight excluding hydrogens is 346 g/mol. The van der Waals surface area contributed by atoms with Gasteiger partial charge in [-0.05, 0) is 44.0 Å². The molecule has 8 heteroatoms. The molecule has 0 saturated heterocycles. The monoisotopic (exact) mass is 365 g/mol. The molecule has 1 aliphatic rings. The summed E-state index contributed by atoms with van der Waals surface area (Å²) in [5.41, 5.74) is 1.03. The predicted molar refractivity (Wildman–Crippen MR) is 97.7 cm³/mol. The Morgan fingerprint density at radius 1 is 1.19 bits per heavy atom. The van der Waals surface area contributed by atoms with E-state index < -0.39 is 17.4 Å². The van der Waals surface area contributed by atoms with Crippen LogP contribution in [-0.4, -0.2) is 42.5 Å². The van der Waals surface area contributed by atoms with Crippen molar-refractivity contribution in [1.82, 2.24) is 25.3 Å². The van der Waals surface area contributed by atoms with Crippen molar-refractivity contribution in [2.75, 3.05) is 0 Å². The van der Waals surface area contributed by atoms with Crippen LogP contribution < -0.4 is 5.32 Å². The van der Waals surface area contributed by atoms with Crippen LogP contribution in [0.2, 0.25) is 0 Å². The van der Waals surface area contributed by atoms with Gasteiger partial charge in [0.15, 0.2) is 5.69 Å². The number of nitrogens with zero attached hydrogens (tertiary/aromatic N) is 4. The summed E-state index contributed by atoms with van der Waals surface area (Å²) in [5, 5.41) is 21.3. The largest absolute Gasteiger partial charge is 0.480 e. The van der Waals surface area contributed by atoms with Gasteiger partial charge in [-0.3, -0.25) is 9.78 Å². The zero-order chi connectivity index (χ0) is 19.0. The number of carbonyl (C=O) groups is 2. The SMILES string of the molecule is Cc1c(C(=O)NC2(C(=O)O)CCCC2)nnn1-c1cccc2ncccc12. The summed E-state index contributed by atoms with van der Waals surface area (Å²) >= 11 is 0. The van der Waals surface area contributed by atoms with Crippen molar-refractivity contribution >= 4 is 22.8 Å². The number of aliphatic carboxylic acids is 1. The highest BCUT2D eigenvalue weighted by atomic mass is 16.4. The maximum atomic E-state index is 12.7. The summed E-state index contributed by atoms with van der Waals surface area (Å²) in [6.07, 6.45) is 4.13. The second-order valence-corrected chi connectivity index (χ2v) is 6.83. The zero-order valence-corrected chi connectivity index (χ0v) is 14.8. The summed E-state index contributed by atoms with van der Waals surface area (Å²) in [5.74, 6) is -1.51. The topological polar surface area (TPSA) is 110 Å². The smallest absolute Gasteiger partial charge is 0.329 e. The molecule has 1 saturated carbocycles. The van der Waals surface area contributed by atoms with Gasteiger partial charge in [0.1, 0.15) is 5.54 Å². The van der Waals surface area contributed by atoms with Gasteiger partial charge in [0.2, 0.25) is 0 Å². The van der Waals surface area contributed by atoms with Crippen molar-refractivity contribution < 1.29 is 14.7 Å². The third-order valence-electron chi connectivity index (χ3n) is 5.18. The Balaban J connectivity index is 1.70. The van der Waals surface area contributed by atoms with Crippen molar-refractivity contribution in [2.24, 2.45) is 0 Å². The lowest BCUT2D eigenvalue weighted by Gasteiger charge is -2.24. The van der Waals surface area contributed by atoms with Crippen LogP contribution >= 0.6 is 0 Å². The maximum absolute atomic E-state index is 12.7. The van der Waals surface area contributed by atoms with E-state index in [1.807, 2.05) is 30.3 Å². The van der Waals surface area contributed by atoms with Gasteiger partial charge >= 0.3 is 5.97 Å². The summed E-state index contributed by atoms with van der Waals surface area (Å²) in [4.78, 5) is 28.8. The molecule has 1 aromatic carbocycles. The molecule has 138 valence electrons. The number of carboxylic acid groups (broad SMARTS) is 1. The fourth-order valence-corrected chi connectivity index (χ4v) is 3.69. The number of nitrogens with one attached hydrogen (secondary N) is 1. The molecule has 2 N–H and O–H groups in total. The Labute approximate surface area is 155 Å². The average molecular weight is 365 g/mol. The van der Waals surface area contributed by atoms with E-state index in [2.05, 4.69) is 20.6 Å². The molecule has 0 unspecified atom stereocenters. The lowest BCUT2D eigenvalue weighted by atomic mass is 9.97. The summed E-state index contributed by atoms with van der Waals surface area (Å²) in [7, 11) is 0. The Bertz CT molecular complexity index is 1030. The Morgan fingerprint density at radius 3 is 2.70 bits per heavy atom. The number of hydrogen-bond acceptors (Lipinski definition) is 5. The van der Waals surface area contributed by atoms with E-state index in [9.17, 15) is 14.7 Å². The third-order valence-corrected chi connectivity index (χ3v) is 5.18. The van der Waals surface area contributed by atoms with Gasteiger partial charge in [0.05, 0.1) is 16.9 Å². The van der Waals surface area contributed by atoms with E-state index in [0.29, 0.717) is 18.5 Å². The number of pyridine rings is 1. The fraction of sp³-hybridized carbons (Fsp3) is 0.316. The highest BCUT2D eigenvalue weighted by Crippen LogP contribution is 2.30. The molecule has 27 heavy (non-hydrogen) atoms. The summed E-state index contributed by atoms with van der Waals surface area (Å²) in [6.45, 7) is 1.74. The van der Waals surface area contributed by atoms with Gasteiger partial charge in [-0.25, -0.2) is 9.48 Å². The van der Waals surface area contributed by atoms with Gasteiger partial charge in [-0.2, -0.15) is 0 Å². The molecule has 0 aliphatic heterocycles. The van der Waals surface area contributed by atoms with Crippen LogP contribution in [0.3, 0.4) is 0 Å². The first kappa shape index (κ1) is 17.1. The quantitative estimate of drug-likeness (QED) is 0.734. The van der Waals surface area contributed by atoms with Crippen LogP contribution in [0.25, 0.3) is 16.6 Å². The molecule has 2 aromatic heterocycles. The number of carbonyl (C=O) groups excluding carboxylic acids is 1. The van der Waals surface area contributed by atoms with Gasteiger partial charge in [-0.1, -0.05) is 24.1 Å². The minimum atomic E-state index is -1.21. The number of carboxylic acids is 1. The number of benzene rings is 1. The standard InChI is InChI=1S/C19H19N5O3/c1-12-16(17(25)21-19(18(26)27)9-2-3-10-19)22-23-24(12)15-8-4-7-14-13(15)6-5-11-20-14/h4-8,11H,2-3,9-10H2,1H3,(H,21,25)(H,26,27). The molecule has 2 heterocycles. The lowest BCUT2D eigenvalue weighted by molar-refractivity contribution is -0.144. The van der Waals surface area contributed by atoms with E-state index >= 15 is 0 Å². The first-order chi connectivity index (χ1) is 13.0. The van der Waals surface area contributed by atoms with Crippen molar-refractivity contribution in [3.05, 3.63) is 47.9 Å². The van der Waals surface area contributed by atoms with E-state index in [0.717, 1.165) is 29.4 Å². The van der Waals surface area contributed by atoms with Crippen LogP contribution in [0.15, 0.2) is 36.5 Å².